The molecule has 0 aromatic carbocycles. The van der Waals surface area contributed by atoms with E-state index in [2.05, 4.69) is 27.7 Å². The van der Waals surface area contributed by atoms with Gasteiger partial charge in [-0.3, -0.25) is 4.79 Å². The van der Waals surface area contributed by atoms with Gasteiger partial charge in [0.1, 0.15) is 6.10 Å². The number of carbonyl (C=O) groups excluding carboxylic acids is 1. The Morgan fingerprint density at radius 1 is 0.630 bits per heavy atom. The normalized spacial score (nSPS) is 11.5. The van der Waals surface area contributed by atoms with E-state index in [4.69, 9.17) is 4.74 Å². The van der Waals surface area contributed by atoms with Gasteiger partial charge in [-0.1, -0.05) is 105 Å². The fraction of sp³-hybridized carbons (Fsp3) is 0.960. The molecule has 0 radical (unpaired) electrons. The Bertz CT molecular complexity index is 295. The predicted octanol–water partition coefficient (Wildman–Crippen LogP) is 8.62. The first-order valence-corrected chi connectivity index (χ1v) is 12.3. The van der Waals surface area contributed by atoms with Gasteiger partial charge in [-0.25, -0.2) is 0 Å². The van der Waals surface area contributed by atoms with Gasteiger partial charge < -0.3 is 4.74 Å². The van der Waals surface area contributed by atoms with Crippen molar-refractivity contribution in [3.05, 3.63) is 0 Å². The maximum absolute atomic E-state index is 12.2. The van der Waals surface area contributed by atoms with Crippen LogP contribution in [0.1, 0.15) is 143 Å². The Morgan fingerprint density at radius 3 is 1.56 bits per heavy atom. The molecule has 0 N–H and O–H groups in total. The molecule has 27 heavy (non-hydrogen) atoms. The summed E-state index contributed by atoms with van der Waals surface area (Å²) in [6.45, 7) is 9.01. The topological polar surface area (TPSA) is 26.3 Å². The van der Waals surface area contributed by atoms with Crippen LogP contribution in [0.3, 0.4) is 0 Å². The lowest BCUT2D eigenvalue weighted by atomic mass is 10.0. The molecule has 2 heteroatoms. The van der Waals surface area contributed by atoms with Gasteiger partial charge in [-0.15, -0.1) is 0 Å². The highest BCUT2D eigenvalue weighted by Crippen LogP contribution is 2.18. The second kappa shape index (κ2) is 20.2. The third-order valence-electron chi connectivity index (χ3n) is 5.47. The van der Waals surface area contributed by atoms with Gasteiger partial charge in [0.25, 0.3) is 0 Å². The number of ether oxygens (including phenoxy) is 1. The van der Waals surface area contributed by atoms with Crippen molar-refractivity contribution >= 4 is 5.97 Å². The monoisotopic (exact) mass is 382 g/mol. The SMILES string of the molecule is CCCCCCCCC(CCCCCCCC)OC(=O)CCCCC(C)C. The first kappa shape index (κ1) is 26.5. The van der Waals surface area contributed by atoms with Gasteiger partial charge in [0, 0.05) is 6.42 Å². The summed E-state index contributed by atoms with van der Waals surface area (Å²) in [4.78, 5) is 12.2. The first-order chi connectivity index (χ1) is 13.1. The van der Waals surface area contributed by atoms with Crippen molar-refractivity contribution in [3.8, 4) is 0 Å². The molecule has 0 aromatic heterocycles. The zero-order valence-electron chi connectivity index (χ0n) is 19.2. The summed E-state index contributed by atoms with van der Waals surface area (Å²) < 4.78 is 5.87. The molecule has 2 nitrogen and oxygen atoms in total. The fourth-order valence-corrected chi connectivity index (χ4v) is 3.63. The summed E-state index contributed by atoms with van der Waals surface area (Å²) in [7, 11) is 0. The lowest BCUT2D eigenvalue weighted by molar-refractivity contribution is -0.150. The largest absolute Gasteiger partial charge is 0.462 e. The second-order valence-corrected chi connectivity index (χ2v) is 8.86. The van der Waals surface area contributed by atoms with Crippen LogP contribution in [0, 0.1) is 5.92 Å². The third-order valence-corrected chi connectivity index (χ3v) is 5.47. The van der Waals surface area contributed by atoms with E-state index in [0.717, 1.165) is 31.6 Å². The van der Waals surface area contributed by atoms with Gasteiger partial charge in [0.15, 0.2) is 0 Å². The van der Waals surface area contributed by atoms with Crippen molar-refractivity contribution in [3.63, 3.8) is 0 Å². The van der Waals surface area contributed by atoms with E-state index in [1.54, 1.807) is 0 Å². The average molecular weight is 383 g/mol. The molecule has 0 saturated heterocycles. The standard InChI is InChI=1S/C25H50O2/c1-5-7-9-11-13-15-20-24(21-16-14-12-10-8-6-2)27-25(26)22-18-17-19-23(3)4/h23-24H,5-22H2,1-4H3. The molecule has 0 aliphatic heterocycles. The molecule has 0 unspecified atom stereocenters. The van der Waals surface area contributed by atoms with Crippen LogP contribution >= 0.6 is 0 Å². The van der Waals surface area contributed by atoms with Crippen molar-refractivity contribution < 1.29 is 9.53 Å². The summed E-state index contributed by atoms with van der Waals surface area (Å²) >= 11 is 0. The van der Waals surface area contributed by atoms with Gasteiger partial charge in [-0.05, 0) is 38.0 Å². The molecule has 0 saturated carbocycles. The van der Waals surface area contributed by atoms with Crippen LogP contribution < -0.4 is 0 Å². The third kappa shape index (κ3) is 20.0. The first-order valence-electron chi connectivity index (χ1n) is 12.3. The molecule has 0 bridgehead atoms. The van der Waals surface area contributed by atoms with Crippen LogP contribution in [-0.2, 0) is 9.53 Å². The summed E-state index contributed by atoms with van der Waals surface area (Å²) in [5.74, 6) is 0.773. The maximum atomic E-state index is 12.2. The second-order valence-electron chi connectivity index (χ2n) is 8.86. The van der Waals surface area contributed by atoms with E-state index in [9.17, 15) is 4.79 Å². The minimum Gasteiger partial charge on any atom is -0.462 e. The minimum absolute atomic E-state index is 0.0423. The highest BCUT2D eigenvalue weighted by molar-refractivity contribution is 5.69. The summed E-state index contributed by atoms with van der Waals surface area (Å²) in [5.41, 5.74) is 0. The molecule has 0 amide bonds. The van der Waals surface area contributed by atoms with E-state index in [-0.39, 0.29) is 12.1 Å². The zero-order chi connectivity index (χ0) is 20.2. The Hall–Kier alpha value is -0.530. The van der Waals surface area contributed by atoms with Gasteiger partial charge in [0.2, 0.25) is 0 Å². The number of carbonyl (C=O) groups is 1. The lowest BCUT2D eigenvalue weighted by Crippen LogP contribution is -2.18. The van der Waals surface area contributed by atoms with E-state index in [0.29, 0.717) is 6.42 Å². The van der Waals surface area contributed by atoms with Gasteiger partial charge in [0.05, 0.1) is 0 Å². The Balaban J connectivity index is 4.03. The molecule has 0 rings (SSSR count). The number of hydrogen-bond acceptors (Lipinski definition) is 2. The van der Waals surface area contributed by atoms with E-state index in [1.807, 2.05) is 0 Å². The molecule has 0 heterocycles. The highest BCUT2D eigenvalue weighted by atomic mass is 16.5. The summed E-state index contributed by atoms with van der Waals surface area (Å²) in [5, 5.41) is 0. The van der Waals surface area contributed by atoms with E-state index in [1.165, 1.54) is 83.5 Å². The smallest absolute Gasteiger partial charge is 0.306 e. The maximum Gasteiger partial charge on any atom is 0.306 e. The number of esters is 1. The van der Waals surface area contributed by atoms with Gasteiger partial charge in [-0.2, -0.15) is 0 Å². The lowest BCUT2D eigenvalue weighted by Gasteiger charge is -2.18. The van der Waals surface area contributed by atoms with Crippen LogP contribution in [0.2, 0.25) is 0 Å². The summed E-state index contributed by atoms with van der Waals surface area (Å²) in [6, 6.07) is 0. The number of rotatable bonds is 20. The van der Waals surface area contributed by atoms with Crippen molar-refractivity contribution in [1.82, 2.24) is 0 Å². The van der Waals surface area contributed by atoms with Crippen LogP contribution in [0.5, 0.6) is 0 Å². The molecular weight excluding hydrogens is 332 g/mol. The van der Waals surface area contributed by atoms with Crippen LogP contribution in [0.15, 0.2) is 0 Å². The Morgan fingerprint density at radius 2 is 1.07 bits per heavy atom. The van der Waals surface area contributed by atoms with Crippen LogP contribution in [0.4, 0.5) is 0 Å². The quantitative estimate of drug-likeness (QED) is 0.155. The molecule has 0 aromatic rings. The predicted molar refractivity (Wildman–Crippen MR) is 119 cm³/mol. The molecule has 0 spiro atoms. The van der Waals surface area contributed by atoms with Crippen molar-refractivity contribution in [2.24, 2.45) is 5.92 Å². The van der Waals surface area contributed by atoms with Crippen molar-refractivity contribution in [2.45, 2.75) is 149 Å². The zero-order valence-corrected chi connectivity index (χ0v) is 19.2. The molecular formula is C25H50O2. The van der Waals surface area contributed by atoms with Crippen LogP contribution in [0.25, 0.3) is 0 Å². The Kier molecular flexibility index (Phi) is 19.8. The molecule has 0 atom stereocenters. The van der Waals surface area contributed by atoms with Crippen molar-refractivity contribution in [1.29, 1.82) is 0 Å². The van der Waals surface area contributed by atoms with Gasteiger partial charge >= 0.3 is 5.97 Å². The molecule has 0 aliphatic carbocycles. The van der Waals surface area contributed by atoms with Crippen LogP contribution in [-0.4, -0.2) is 12.1 Å². The molecule has 162 valence electrons. The molecule has 0 fully saturated rings. The minimum atomic E-state index is 0.0423. The van der Waals surface area contributed by atoms with E-state index >= 15 is 0 Å². The molecule has 0 aliphatic rings. The highest BCUT2D eigenvalue weighted by Gasteiger charge is 2.14. The van der Waals surface area contributed by atoms with Crippen molar-refractivity contribution in [2.75, 3.05) is 0 Å². The number of unbranched alkanes of at least 4 members (excludes halogenated alkanes) is 11. The average Bonchev–Trinajstić information content (AvgIpc) is 2.64. The number of hydrogen-bond donors (Lipinski definition) is 0. The fourth-order valence-electron chi connectivity index (χ4n) is 3.63. The summed E-state index contributed by atoms with van der Waals surface area (Å²) in [6.07, 6.45) is 21.9. The van der Waals surface area contributed by atoms with E-state index < -0.39 is 0 Å². The Labute approximate surface area is 171 Å².